The molecule has 0 heterocycles. The van der Waals surface area contributed by atoms with E-state index in [4.69, 9.17) is 23.2 Å². The van der Waals surface area contributed by atoms with Crippen molar-refractivity contribution in [1.29, 1.82) is 0 Å². The summed E-state index contributed by atoms with van der Waals surface area (Å²) >= 11 is 12.1. The molecule has 0 saturated heterocycles. The molecule has 0 aromatic heterocycles. The van der Waals surface area contributed by atoms with Gasteiger partial charge in [0, 0.05) is 24.2 Å². The van der Waals surface area contributed by atoms with Crippen molar-refractivity contribution in [3.05, 3.63) is 58.1 Å². The molecule has 1 aliphatic carbocycles. The third-order valence-electron chi connectivity index (χ3n) is 4.28. The second-order valence-corrected chi connectivity index (χ2v) is 7.46. The Balaban J connectivity index is 1.62. The first-order valence-electron chi connectivity index (χ1n) is 8.75. The van der Waals surface area contributed by atoms with Crippen LogP contribution in [0.4, 0.5) is 11.4 Å². The van der Waals surface area contributed by atoms with Crippen molar-refractivity contribution in [3.63, 3.8) is 0 Å². The van der Waals surface area contributed by atoms with Gasteiger partial charge in [0.15, 0.2) is 0 Å². The SMILES string of the molecule is CN(CC(=O)Nc1c(Cl)cccc1Cl)C(=O)c1cccc(NC(=O)C2CC2)c1. The highest BCUT2D eigenvalue weighted by atomic mass is 35.5. The van der Waals surface area contributed by atoms with Gasteiger partial charge in [-0.3, -0.25) is 14.4 Å². The van der Waals surface area contributed by atoms with Crippen LogP contribution in [0.25, 0.3) is 0 Å². The van der Waals surface area contributed by atoms with Crippen LogP contribution >= 0.6 is 23.2 Å². The number of benzene rings is 2. The molecule has 1 aliphatic rings. The van der Waals surface area contributed by atoms with Crippen molar-refractivity contribution < 1.29 is 14.4 Å². The quantitative estimate of drug-likeness (QED) is 0.740. The molecular weight excluding hydrogens is 401 g/mol. The molecule has 0 spiro atoms. The first-order valence-corrected chi connectivity index (χ1v) is 9.51. The van der Waals surface area contributed by atoms with E-state index in [9.17, 15) is 14.4 Å². The molecule has 1 fully saturated rings. The van der Waals surface area contributed by atoms with Gasteiger partial charge in [-0.1, -0.05) is 35.3 Å². The zero-order valence-corrected chi connectivity index (χ0v) is 16.7. The summed E-state index contributed by atoms with van der Waals surface area (Å²) in [5, 5.41) is 6.05. The molecule has 2 aromatic carbocycles. The Hall–Kier alpha value is -2.57. The van der Waals surface area contributed by atoms with Crippen LogP contribution < -0.4 is 10.6 Å². The molecule has 3 rings (SSSR count). The van der Waals surface area contributed by atoms with Crippen molar-refractivity contribution in [2.45, 2.75) is 12.8 Å². The number of halogens is 2. The molecule has 0 atom stereocenters. The molecule has 0 radical (unpaired) electrons. The number of hydrogen-bond donors (Lipinski definition) is 2. The summed E-state index contributed by atoms with van der Waals surface area (Å²) in [7, 11) is 1.52. The molecular formula is C20H19Cl2N3O3. The molecule has 8 heteroatoms. The van der Waals surface area contributed by atoms with E-state index in [1.54, 1.807) is 42.5 Å². The monoisotopic (exact) mass is 419 g/mol. The number of likely N-dealkylation sites (N-methyl/N-ethyl adjacent to an activating group) is 1. The van der Waals surface area contributed by atoms with Crippen LogP contribution in [-0.4, -0.2) is 36.2 Å². The van der Waals surface area contributed by atoms with Crippen molar-refractivity contribution in [1.82, 2.24) is 4.90 Å². The van der Waals surface area contributed by atoms with Gasteiger partial charge in [0.1, 0.15) is 0 Å². The second kappa shape index (κ2) is 8.63. The molecule has 3 amide bonds. The van der Waals surface area contributed by atoms with E-state index in [1.165, 1.54) is 11.9 Å². The molecule has 1 saturated carbocycles. The molecule has 0 aliphatic heterocycles. The lowest BCUT2D eigenvalue weighted by molar-refractivity contribution is -0.117. The van der Waals surface area contributed by atoms with Crippen molar-refractivity contribution in [2.24, 2.45) is 5.92 Å². The number of anilines is 2. The zero-order valence-electron chi connectivity index (χ0n) is 15.2. The van der Waals surface area contributed by atoms with Gasteiger partial charge in [-0.05, 0) is 43.2 Å². The molecule has 2 N–H and O–H groups in total. The Bertz CT molecular complexity index is 908. The molecule has 146 valence electrons. The van der Waals surface area contributed by atoms with Gasteiger partial charge < -0.3 is 15.5 Å². The van der Waals surface area contributed by atoms with Crippen molar-refractivity contribution in [2.75, 3.05) is 24.2 Å². The molecule has 0 unspecified atom stereocenters. The highest BCUT2D eigenvalue weighted by Crippen LogP contribution is 2.31. The summed E-state index contributed by atoms with van der Waals surface area (Å²) in [5.41, 5.74) is 1.24. The van der Waals surface area contributed by atoms with E-state index >= 15 is 0 Å². The van der Waals surface area contributed by atoms with Crippen LogP contribution in [0.3, 0.4) is 0 Å². The number of hydrogen-bond acceptors (Lipinski definition) is 3. The van der Waals surface area contributed by atoms with Crippen LogP contribution in [0.5, 0.6) is 0 Å². The lowest BCUT2D eigenvalue weighted by Gasteiger charge is -2.18. The zero-order chi connectivity index (χ0) is 20.3. The summed E-state index contributed by atoms with van der Waals surface area (Å²) in [4.78, 5) is 38.1. The van der Waals surface area contributed by atoms with Gasteiger partial charge in [-0.15, -0.1) is 0 Å². The maximum absolute atomic E-state index is 12.6. The number of carbonyl (C=O) groups is 3. The Morgan fingerprint density at radius 1 is 1.04 bits per heavy atom. The van der Waals surface area contributed by atoms with E-state index in [0.717, 1.165) is 12.8 Å². The maximum atomic E-state index is 12.6. The van der Waals surface area contributed by atoms with Crippen molar-refractivity contribution >= 4 is 52.3 Å². The van der Waals surface area contributed by atoms with Crippen LogP contribution in [-0.2, 0) is 9.59 Å². The van der Waals surface area contributed by atoms with Gasteiger partial charge in [0.05, 0.1) is 22.3 Å². The third kappa shape index (κ3) is 5.03. The summed E-state index contributed by atoms with van der Waals surface area (Å²) in [6, 6.07) is 11.5. The highest BCUT2D eigenvalue weighted by Gasteiger charge is 2.29. The lowest BCUT2D eigenvalue weighted by Crippen LogP contribution is -2.35. The van der Waals surface area contributed by atoms with Gasteiger partial charge in [0.25, 0.3) is 5.91 Å². The predicted octanol–water partition coefficient (Wildman–Crippen LogP) is 4.05. The third-order valence-corrected chi connectivity index (χ3v) is 4.91. The minimum Gasteiger partial charge on any atom is -0.332 e. The number of carbonyl (C=O) groups excluding carboxylic acids is 3. The summed E-state index contributed by atoms with van der Waals surface area (Å²) in [6.45, 7) is -0.182. The second-order valence-electron chi connectivity index (χ2n) is 6.65. The fourth-order valence-electron chi connectivity index (χ4n) is 2.62. The highest BCUT2D eigenvalue weighted by molar-refractivity contribution is 6.39. The average Bonchev–Trinajstić information content (AvgIpc) is 3.49. The minimum atomic E-state index is -0.427. The number of nitrogens with zero attached hydrogens (tertiary/aromatic N) is 1. The molecule has 0 bridgehead atoms. The van der Waals surface area contributed by atoms with E-state index in [0.29, 0.717) is 27.0 Å². The smallest absolute Gasteiger partial charge is 0.254 e. The van der Waals surface area contributed by atoms with E-state index in [2.05, 4.69) is 10.6 Å². The van der Waals surface area contributed by atoms with Crippen LogP contribution in [0.15, 0.2) is 42.5 Å². The summed E-state index contributed by atoms with van der Waals surface area (Å²) in [5.74, 6) is -0.733. The fraction of sp³-hybridized carbons (Fsp3) is 0.250. The van der Waals surface area contributed by atoms with Gasteiger partial charge in [-0.2, -0.15) is 0 Å². The van der Waals surface area contributed by atoms with Gasteiger partial charge >= 0.3 is 0 Å². The minimum absolute atomic E-state index is 0.0334. The summed E-state index contributed by atoms with van der Waals surface area (Å²) < 4.78 is 0. The van der Waals surface area contributed by atoms with Gasteiger partial charge in [0.2, 0.25) is 11.8 Å². The molecule has 6 nitrogen and oxygen atoms in total. The average molecular weight is 420 g/mol. The Morgan fingerprint density at radius 2 is 1.68 bits per heavy atom. The van der Waals surface area contributed by atoms with Crippen LogP contribution in [0, 0.1) is 5.92 Å². The van der Waals surface area contributed by atoms with Crippen molar-refractivity contribution in [3.8, 4) is 0 Å². The molecule has 28 heavy (non-hydrogen) atoms. The number of amides is 3. The van der Waals surface area contributed by atoms with Crippen LogP contribution in [0.1, 0.15) is 23.2 Å². The normalized spacial score (nSPS) is 13.0. The van der Waals surface area contributed by atoms with E-state index in [1.807, 2.05) is 0 Å². The maximum Gasteiger partial charge on any atom is 0.254 e. The van der Waals surface area contributed by atoms with Gasteiger partial charge in [-0.25, -0.2) is 0 Å². The number of nitrogens with one attached hydrogen (secondary N) is 2. The Morgan fingerprint density at radius 3 is 2.32 bits per heavy atom. The fourth-order valence-corrected chi connectivity index (χ4v) is 3.12. The topological polar surface area (TPSA) is 78.5 Å². The Labute approximate surface area is 172 Å². The summed E-state index contributed by atoms with van der Waals surface area (Å²) in [6.07, 6.45) is 1.80. The number of para-hydroxylation sites is 1. The largest absolute Gasteiger partial charge is 0.332 e. The number of rotatable bonds is 6. The van der Waals surface area contributed by atoms with Crippen LogP contribution in [0.2, 0.25) is 10.0 Å². The lowest BCUT2D eigenvalue weighted by atomic mass is 10.1. The van der Waals surface area contributed by atoms with E-state index < -0.39 is 5.91 Å². The first-order chi connectivity index (χ1) is 13.3. The first kappa shape index (κ1) is 20.2. The van der Waals surface area contributed by atoms with E-state index in [-0.39, 0.29) is 24.3 Å². The molecule has 2 aromatic rings. The standard InChI is InChI=1S/C20H19Cl2N3O3/c1-25(11-17(26)24-18-15(21)6-3-7-16(18)22)20(28)13-4-2-5-14(10-13)23-19(27)12-8-9-12/h2-7,10,12H,8-9,11H2,1H3,(H,23,27)(H,24,26). The Kier molecular flexibility index (Phi) is 6.21. The predicted molar refractivity (Wildman–Crippen MR) is 110 cm³/mol.